The van der Waals surface area contributed by atoms with Crippen molar-refractivity contribution in [3.63, 3.8) is 0 Å². The molecule has 0 aromatic heterocycles. The summed E-state index contributed by atoms with van der Waals surface area (Å²) in [4.78, 5) is 26.0. The van der Waals surface area contributed by atoms with Gasteiger partial charge in [0.1, 0.15) is 11.2 Å². The molecule has 1 saturated heterocycles. The maximum atomic E-state index is 12.4. The number of amides is 2. The van der Waals surface area contributed by atoms with Crippen LogP contribution in [0.25, 0.3) is 0 Å². The second kappa shape index (κ2) is 6.86. The van der Waals surface area contributed by atoms with Crippen LogP contribution in [-0.4, -0.2) is 46.9 Å². The Bertz CT molecular complexity index is 373. The molecule has 2 unspecified atom stereocenters. The van der Waals surface area contributed by atoms with Gasteiger partial charge in [0.25, 0.3) is 0 Å². The zero-order chi connectivity index (χ0) is 17.1. The van der Waals surface area contributed by atoms with Gasteiger partial charge in [-0.3, -0.25) is 0 Å². The summed E-state index contributed by atoms with van der Waals surface area (Å²) in [7, 11) is 0. The Hall–Kier alpha value is -1.30. The summed E-state index contributed by atoms with van der Waals surface area (Å²) in [6.45, 7) is 13.3. The number of nitrogens with one attached hydrogen (secondary N) is 1. The van der Waals surface area contributed by atoms with Crippen LogP contribution in [0, 0.1) is 0 Å². The first kappa shape index (κ1) is 18.7. The molecule has 1 aliphatic heterocycles. The average Bonchev–Trinajstić information content (AvgIpc) is 2.27. The van der Waals surface area contributed by atoms with E-state index in [2.05, 4.69) is 12.2 Å². The highest BCUT2D eigenvalue weighted by Crippen LogP contribution is 2.21. The largest absolute Gasteiger partial charge is 0.443 e. The van der Waals surface area contributed by atoms with E-state index in [1.54, 1.807) is 41.5 Å². The van der Waals surface area contributed by atoms with Crippen molar-refractivity contribution in [2.45, 2.75) is 84.6 Å². The van der Waals surface area contributed by atoms with Crippen LogP contribution in [0.3, 0.4) is 0 Å². The highest BCUT2D eigenvalue weighted by atomic mass is 16.6. The molecule has 0 saturated carbocycles. The first-order chi connectivity index (χ1) is 9.89. The fraction of sp³-hybridized carbons (Fsp3) is 0.875. The summed E-state index contributed by atoms with van der Waals surface area (Å²) in [5, 5.41) is 3.29. The number of carbonyl (C=O) groups excluding carboxylic acids is 2. The van der Waals surface area contributed by atoms with Gasteiger partial charge in [0, 0.05) is 12.6 Å². The van der Waals surface area contributed by atoms with Gasteiger partial charge in [-0.25, -0.2) is 14.5 Å². The SMILES string of the molecule is CC1CCC(N(C(=O)OC(C)(C)C)C(=O)OC(C)(C)C)CN1. The lowest BCUT2D eigenvalue weighted by molar-refractivity contribution is -0.0102. The fourth-order valence-corrected chi connectivity index (χ4v) is 2.20. The fourth-order valence-electron chi connectivity index (χ4n) is 2.20. The molecule has 0 aliphatic carbocycles. The summed E-state index contributed by atoms with van der Waals surface area (Å²) >= 11 is 0. The lowest BCUT2D eigenvalue weighted by Gasteiger charge is -2.36. The molecule has 1 aliphatic rings. The van der Waals surface area contributed by atoms with Crippen LogP contribution in [0.5, 0.6) is 0 Å². The number of imide groups is 1. The van der Waals surface area contributed by atoms with Gasteiger partial charge in [0.15, 0.2) is 0 Å². The third kappa shape index (κ3) is 6.22. The van der Waals surface area contributed by atoms with Crippen molar-refractivity contribution in [1.82, 2.24) is 10.2 Å². The number of carbonyl (C=O) groups is 2. The molecule has 0 aromatic carbocycles. The zero-order valence-electron chi connectivity index (χ0n) is 14.9. The predicted molar refractivity (Wildman–Crippen MR) is 84.8 cm³/mol. The van der Waals surface area contributed by atoms with Crippen LogP contribution >= 0.6 is 0 Å². The molecule has 2 atom stereocenters. The van der Waals surface area contributed by atoms with Gasteiger partial charge < -0.3 is 14.8 Å². The molecule has 0 aromatic rings. The van der Waals surface area contributed by atoms with Crippen LogP contribution in [0.2, 0.25) is 0 Å². The van der Waals surface area contributed by atoms with Gasteiger partial charge in [-0.05, 0) is 61.3 Å². The maximum absolute atomic E-state index is 12.4. The monoisotopic (exact) mass is 314 g/mol. The van der Waals surface area contributed by atoms with Gasteiger partial charge in [0.2, 0.25) is 0 Å². The Morgan fingerprint density at radius 3 is 1.73 bits per heavy atom. The Morgan fingerprint density at radius 2 is 1.41 bits per heavy atom. The van der Waals surface area contributed by atoms with E-state index in [-0.39, 0.29) is 6.04 Å². The standard InChI is InChI=1S/C16H30N2O4/c1-11-8-9-12(10-17-11)18(13(19)21-15(2,3)4)14(20)22-16(5,6)7/h11-12,17H,8-10H2,1-7H3. The molecule has 1 N–H and O–H groups in total. The molecule has 1 rings (SSSR count). The van der Waals surface area contributed by atoms with E-state index in [4.69, 9.17) is 9.47 Å². The van der Waals surface area contributed by atoms with E-state index in [1.165, 1.54) is 0 Å². The summed E-state index contributed by atoms with van der Waals surface area (Å²) in [5.74, 6) is 0. The molecular weight excluding hydrogens is 284 g/mol. The van der Waals surface area contributed by atoms with E-state index in [9.17, 15) is 9.59 Å². The summed E-state index contributed by atoms with van der Waals surface area (Å²) in [6.07, 6.45) is 0.338. The van der Waals surface area contributed by atoms with Crippen molar-refractivity contribution in [1.29, 1.82) is 0 Å². The first-order valence-electron chi connectivity index (χ1n) is 7.87. The van der Waals surface area contributed by atoms with Gasteiger partial charge in [-0.15, -0.1) is 0 Å². The number of hydrogen-bond donors (Lipinski definition) is 1. The van der Waals surface area contributed by atoms with Crippen LogP contribution in [0.4, 0.5) is 9.59 Å². The van der Waals surface area contributed by atoms with E-state index in [0.717, 1.165) is 17.7 Å². The van der Waals surface area contributed by atoms with Crippen molar-refractivity contribution in [2.75, 3.05) is 6.54 Å². The Morgan fingerprint density at radius 1 is 0.955 bits per heavy atom. The number of piperidine rings is 1. The lowest BCUT2D eigenvalue weighted by atomic mass is 10.0. The lowest BCUT2D eigenvalue weighted by Crippen LogP contribution is -2.55. The van der Waals surface area contributed by atoms with Crippen LogP contribution in [-0.2, 0) is 9.47 Å². The van der Waals surface area contributed by atoms with Crippen LogP contribution in [0.1, 0.15) is 61.3 Å². The number of hydrogen-bond acceptors (Lipinski definition) is 5. The van der Waals surface area contributed by atoms with Crippen molar-refractivity contribution in [3.8, 4) is 0 Å². The van der Waals surface area contributed by atoms with Gasteiger partial charge in [-0.2, -0.15) is 0 Å². The zero-order valence-corrected chi connectivity index (χ0v) is 14.9. The van der Waals surface area contributed by atoms with Crippen LogP contribution < -0.4 is 5.32 Å². The maximum Gasteiger partial charge on any atom is 0.420 e. The number of ether oxygens (including phenoxy) is 2. The summed E-state index contributed by atoms with van der Waals surface area (Å²) in [5.41, 5.74) is -1.32. The summed E-state index contributed by atoms with van der Waals surface area (Å²) < 4.78 is 10.7. The molecule has 6 heteroatoms. The first-order valence-corrected chi connectivity index (χ1v) is 7.87. The van der Waals surface area contributed by atoms with E-state index >= 15 is 0 Å². The van der Waals surface area contributed by atoms with E-state index in [1.807, 2.05) is 0 Å². The minimum absolute atomic E-state index is 0.249. The van der Waals surface area contributed by atoms with Gasteiger partial charge in [-0.1, -0.05) is 0 Å². The van der Waals surface area contributed by atoms with E-state index < -0.39 is 23.4 Å². The molecule has 1 fully saturated rings. The third-order valence-corrected chi connectivity index (χ3v) is 3.18. The van der Waals surface area contributed by atoms with Gasteiger partial charge >= 0.3 is 12.2 Å². The quantitative estimate of drug-likeness (QED) is 0.804. The molecular formula is C16H30N2O4. The van der Waals surface area contributed by atoms with Gasteiger partial charge in [0.05, 0.1) is 6.04 Å². The second-order valence-corrected chi connectivity index (χ2v) is 7.87. The molecule has 0 radical (unpaired) electrons. The number of nitrogens with zero attached hydrogens (tertiary/aromatic N) is 1. The third-order valence-electron chi connectivity index (χ3n) is 3.18. The molecule has 0 bridgehead atoms. The van der Waals surface area contributed by atoms with Crippen molar-refractivity contribution < 1.29 is 19.1 Å². The van der Waals surface area contributed by atoms with Crippen molar-refractivity contribution >= 4 is 12.2 Å². The highest BCUT2D eigenvalue weighted by molar-refractivity contribution is 5.88. The molecule has 6 nitrogen and oxygen atoms in total. The minimum atomic E-state index is -0.660. The Kier molecular flexibility index (Phi) is 5.84. The van der Waals surface area contributed by atoms with Crippen molar-refractivity contribution in [2.24, 2.45) is 0 Å². The van der Waals surface area contributed by atoms with E-state index in [0.29, 0.717) is 12.6 Å². The Labute approximate surface area is 133 Å². The van der Waals surface area contributed by atoms with Crippen LogP contribution in [0.15, 0.2) is 0 Å². The molecule has 2 amide bonds. The topological polar surface area (TPSA) is 67.9 Å². The second-order valence-electron chi connectivity index (χ2n) is 7.87. The summed E-state index contributed by atoms with van der Waals surface area (Å²) in [6, 6.07) is 0.135. The predicted octanol–water partition coefficient (Wildman–Crippen LogP) is 3.30. The molecule has 0 spiro atoms. The molecule has 128 valence electrons. The normalized spacial score (nSPS) is 22.9. The number of rotatable bonds is 1. The highest BCUT2D eigenvalue weighted by Gasteiger charge is 2.37. The smallest absolute Gasteiger partial charge is 0.420 e. The Balaban J connectivity index is 2.89. The molecule has 22 heavy (non-hydrogen) atoms. The van der Waals surface area contributed by atoms with Crippen molar-refractivity contribution in [3.05, 3.63) is 0 Å². The minimum Gasteiger partial charge on any atom is -0.443 e. The molecule has 1 heterocycles. The average molecular weight is 314 g/mol.